The Morgan fingerprint density at radius 2 is 1.79 bits per heavy atom. The first-order valence-electron chi connectivity index (χ1n) is 11.8. The minimum Gasteiger partial charge on any atom is -0.385 e. The van der Waals surface area contributed by atoms with Crippen molar-refractivity contribution in [1.82, 2.24) is 10.7 Å². The second kappa shape index (κ2) is 16.9. The molecule has 6 heteroatoms. The summed E-state index contributed by atoms with van der Waals surface area (Å²) in [4.78, 5) is 0. The van der Waals surface area contributed by atoms with Crippen LogP contribution in [0.1, 0.15) is 85.0 Å². The fourth-order valence-corrected chi connectivity index (χ4v) is 4.03. The molecule has 0 aromatic heterocycles. The molecule has 0 amide bonds. The minimum atomic E-state index is 0.367. The van der Waals surface area contributed by atoms with Crippen LogP contribution < -0.4 is 10.7 Å². The predicted molar refractivity (Wildman–Crippen MR) is 125 cm³/mol. The van der Waals surface area contributed by atoms with E-state index in [0.29, 0.717) is 12.0 Å². The Morgan fingerprint density at radius 1 is 1.03 bits per heavy atom. The van der Waals surface area contributed by atoms with Gasteiger partial charge in [-0.3, -0.25) is 5.43 Å². The molecule has 1 fully saturated rings. The lowest BCUT2D eigenvalue weighted by atomic mass is 9.78. The average molecular weight is 405 g/mol. The predicted octanol–water partition coefficient (Wildman–Crippen LogP) is 4.52. The molecule has 2 atom stereocenters. The monoisotopic (exact) mass is 405 g/mol. The fraction of sp³-hybridized carbons (Fsp3) is 0.870. The Labute approximate surface area is 180 Å². The number of rotatable bonds is 12. The van der Waals surface area contributed by atoms with Gasteiger partial charge in [0.1, 0.15) is 7.85 Å². The maximum absolute atomic E-state index is 6.16. The van der Waals surface area contributed by atoms with Gasteiger partial charge in [-0.2, -0.15) is 5.10 Å². The summed E-state index contributed by atoms with van der Waals surface area (Å²) in [5.74, 6) is 0.436. The van der Waals surface area contributed by atoms with E-state index in [1.165, 1.54) is 43.4 Å². The number of unbranched alkanes of at least 4 members (excludes halogenated alkanes) is 3. The first kappa shape index (κ1) is 26.2. The van der Waals surface area contributed by atoms with Crippen molar-refractivity contribution in [3.63, 3.8) is 0 Å². The number of nitrogens with zero attached hydrogens (tertiary/aromatic N) is 1. The van der Waals surface area contributed by atoms with Crippen molar-refractivity contribution in [2.45, 2.75) is 91.1 Å². The standard InChI is InChI=1S/C21H38BN3O2.C2H6/c1-17-19-10-7-9-18(11-12-20(19)21(22)25-24-17)27-16-8-14-23-13-5-3-4-6-15-26-2;1-2/h18-19,23,25H,3-16H2,1-2H3;1-2H3. The molecule has 0 bridgehead atoms. The topological polar surface area (TPSA) is 54.9 Å². The molecular weight excluding hydrogens is 361 g/mol. The minimum absolute atomic E-state index is 0.367. The number of hydrazone groups is 1. The quantitative estimate of drug-likeness (QED) is 0.370. The van der Waals surface area contributed by atoms with Gasteiger partial charge in [-0.1, -0.05) is 32.3 Å². The number of nitrogens with one attached hydrogen (secondary N) is 2. The zero-order valence-electron chi connectivity index (χ0n) is 19.4. The molecule has 2 aliphatic rings. The molecule has 0 aromatic rings. The van der Waals surface area contributed by atoms with Crippen LogP contribution in [0.2, 0.25) is 0 Å². The average Bonchev–Trinajstić information content (AvgIpc) is 2.72. The summed E-state index contributed by atoms with van der Waals surface area (Å²) in [6.45, 7) is 10.00. The van der Waals surface area contributed by atoms with Crippen LogP contribution in [0.5, 0.6) is 0 Å². The Balaban J connectivity index is 0.00000204. The summed E-state index contributed by atoms with van der Waals surface area (Å²) < 4.78 is 11.2. The van der Waals surface area contributed by atoms with E-state index < -0.39 is 0 Å². The molecule has 1 aliphatic heterocycles. The van der Waals surface area contributed by atoms with Crippen molar-refractivity contribution in [2.75, 3.05) is 33.4 Å². The second-order valence-corrected chi connectivity index (χ2v) is 7.83. The summed E-state index contributed by atoms with van der Waals surface area (Å²) in [5.41, 5.74) is 6.24. The zero-order chi connectivity index (χ0) is 21.3. The summed E-state index contributed by atoms with van der Waals surface area (Å²) in [7, 11) is 7.91. The summed E-state index contributed by atoms with van der Waals surface area (Å²) in [6.07, 6.45) is 12.0. The van der Waals surface area contributed by atoms with E-state index in [0.717, 1.165) is 64.0 Å². The number of methoxy groups -OCH3 is 1. The first-order chi connectivity index (χ1) is 14.2. The van der Waals surface area contributed by atoms with Crippen LogP contribution in [0.4, 0.5) is 0 Å². The lowest BCUT2D eigenvalue weighted by Gasteiger charge is -2.31. The largest absolute Gasteiger partial charge is 0.385 e. The lowest BCUT2D eigenvalue weighted by Crippen LogP contribution is -2.30. The molecule has 2 unspecified atom stereocenters. The van der Waals surface area contributed by atoms with Crippen LogP contribution in [0.3, 0.4) is 0 Å². The first-order valence-corrected chi connectivity index (χ1v) is 11.8. The Morgan fingerprint density at radius 3 is 2.59 bits per heavy atom. The molecule has 0 aromatic carbocycles. The highest BCUT2D eigenvalue weighted by Crippen LogP contribution is 2.32. The van der Waals surface area contributed by atoms with Gasteiger partial charge < -0.3 is 14.8 Å². The molecule has 1 aliphatic carbocycles. The highest BCUT2D eigenvalue weighted by molar-refractivity contribution is 6.22. The van der Waals surface area contributed by atoms with E-state index in [1.807, 2.05) is 13.8 Å². The van der Waals surface area contributed by atoms with Gasteiger partial charge in [0.05, 0.1) is 6.10 Å². The number of fused-ring (bicyclic) bond motifs is 1. The van der Waals surface area contributed by atoms with Gasteiger partial charge >= 0.3 is 0 Å². The smallest absolute Gasteiger partial charge is 0.140 e. The van der Waals surface area contributed by atoms with Crippen LogP contribution >= 0.6 is 0 Å². The third kappa shape index (κ3) is 10.7. The van der Waals surface area contributed by atoms with E-state index >= 15 is 0 Å². The summed E-state index contributed by atoms with van der Waals surface area (Å²) in [5, 5.41) is 7.86. The van der Waals surface area contributed by atoms with E-state index in [1.54, 1.807) is 7.11 Å². The molecule has 166 valence electrons. The Bertz CT molecular complexity index is 483. The number of allylic oxidation sites excluding steroid dienone is 1. The van der Waals surface area contributed by atoms with E-state index in [9.17, 15) is 0 Å². The number of hydrogen-bond donors (Lipinski definition) is 2. The highest BCUT2D eigenvalue weighted by Gasteiger charge is 2.26. The number of hydrogen-bond acceptors (Lipinski definition) is 5. The maximum Gasteiger partial charge on any atom is 0.140 e. The number of ether oxygens (including phenoxy) is 2. The fourth-order valence-electron chi connectivity index (χ4n) is 4.03. The molecular formula is C23H44BN3O2. The third-order valence-electron chi connectivity index (χ3n) is 5.68. The Hall–Kier alpha value is -0.845. The SMILES string of the molecule is CC.[B]C1=C2CCC(OCCCNCCCCCCOC)CCCC2C(C)=NN1. The van der Waals surface area contributed by atoms with Gasteiger partial charge in [-0.15, -0.1) is 0 Å². The van der Waals surface area contributed by atoms with Gasteiger partial charge in [0, 0.05) is 32.0 Å². The van der Waals surface area contributed by atoms with Gasteiger partial charge in [0.15, 0.2) is 0 Å². The second-order valence-electron chi connectivity index (χ2n) is 7.83. The van der Waals surface area contributed by atoms with Gasteiger partial charge in [0.25, 0.3) is 0 Å². The lowest BCUT2D eigenvalue weighted by molar-refractivity contribution is 0.0362. The van der Waals surface area contributed by atoms with Gasteiger partial charge in [-0.05, 0) is 77.0 Å². The summed E-state index contributed by atoms with van der Waals surface area (Å²) in [6, 6.07) is 0. The zero-order valence-corrected chi connectivity index (χ0v) is 19.4. The van der Waals surface area contributed by atoms with Crippen LogP contribution in [-0.2, 0) is 9.47 Å². The Kier molecular flexibility index (Phi) is 15.3. The van der Waals surface area contributed by atoms with Crippen LogP contribution in [0, 0.1) is 5.92 Å². The molecule has 2 rings (SSSR count). The van der Waals surface area contributed by atoms with E-state index in [4.69, 9.17) is 17.3 Å². The van der Waals surface area contributed by atoms with Crippen LogP contribution in [0.25, 0.3) is 0 Å². The highest BCUT2D eigenvalue weighted by atomic mass is 16.5. The van der Waals surface area contributed by atoms with Gasteiger partial charge in [0.2, 0.25) is 0 Å². The van der Waals surface area contributed by atoms with Crippen molar-refractivity contribution in [3.8, 4) is 0 Å². The molecule has 2 radical (unpaired) electrons. The van der Waals surface area contributed by atoms with Crippen molar-refractivity contribution in [3.05, 3.63) is 11.2 Å². The van der Waals surface area contributed by atoms with E-state index in [-0.39, 0.29) is 0 Å². The van der Waals surface area contributed by atoms with E-state index in [2.05, 4.69) is 22.8 Å². The van der Waals surface area contributed by atoms with Crippen molar-refractivity contribution < 1.29 is 9.47 Å². The molecule has 0 saturated heterocycles. The molecule has 2 N–H and O–H groups in total. The van der Waals surface area contributed by atoms with Crippen molar-refractivity contribution >= 4 is 13.6 Å². The van der Waals surface area contributed by atoms with Crippen molar-refractivity contribution in [1.29, 1.82) is 0 Å². The van der Waals surface area contributed by atoms with Gasteiger partial charge in [-0.25, -0.2) is 0 Å². The third-order valence-corrected chi connectivity index (χ3v) is 5.68. The summed E-state index contributed by atoms with van der Waals surface area (Å²) >= 11 is 0. The molecule has 5 nitrogen and oxygen atoms in total. The molecule has 29 heavy (non-hydrogen) atoms. The molecule has 0 spiro atoms. The van der Waals surface area contributed by atoms with Crippen molar-refractivity contribution in [2.24, 2.45) is 11.0 Å². The molecule has 1 heterocycles. The maximum atomic E-state index is 6.16. The van der Waals surface area contributed by atoms with Crippen LogP contribution in [0.15, 0.2) is 16.3 Å². The normalized spacial score (nSPS) is 21.9. The van der Waals surface area contributed by atoms with Crippen LogP contribution in [-0.4, -0.2) is 53.1 Å². The molecule has 1 saturated carbocycles.